The van der Waals surface area contributed by atoms with E-state index in [0.717, 1.165) is 22.0 Å². The Balaban J connectivity index is 2.13. The number of aromatic nitrogens is 1. The molecule has 1 aromatic heterocycles. The van der Waals surface area contributed by atoms with Gasteiger partial charge in [-0.25, -0.2) is 0 Å². The van der Waals surface area contributed by atoms with Crippen LogP contribution in [0.4, 0.5) is 5.69 Å². The molecule has 0 aliphatic carbocycles. The molecule has 0 bridgehead atoms. The number of nitrogens with zero attached hydrogens (tertiary/aromatic N) is 2. The first-order valence-electron chi connectivity index (χ1n) is 5.84. The van der Waals surface area contributed by atoms with Gasteiger partial charge >= 0.3 is 0 Å². The molecule has 0 fully saturated rings. The van der Waals surface area contributed by atoms with Gasteiger partial charge in [-0.1, -0.05) is 30.3 Å². The molecule has 3 rings (SSSR count). The summed E-state index contributed by atoms with van der Waals surface area (Å²) in [5.74, 6) is 0. The van der Waals surface area contributed by atoms with E-state index < -0.39 is 4.92 Å². The molecule has 0 atom stereocenters. The Morgan fingerprint density at radius 1 is 0.947 bits per heavy atom. The number of rotatable bonds is 2. The third kappa shape index (κ3) is 2.15. The Morgan fingerprint density at radius 2 is 1.79 bits per heavy atom. The van der Waals surface area contributed by atoms with E-state index in [2.05, 4.69) is 4.98 Å². The molecule has 0 aliphatic heterocycles. The smallest absolute Gasteiger partial charge is 0.258 e. The lowest BCUT2D eigenvalue weighted by Gasteiger charge is -2.03. The number of hydrogen-bond donors (Lipinski definition) is 0. The number of fused-ring (bicyclic) bond motifs is 1. The van der Waals surface area contributed by atoms with Gasteiger partial charge in [-0.2, -0.15) is 0 Å². The van der Waals surface area contributed by atoms with Crippen LogP contribution in [0.1, 0.15) is 0 Å². The van der Waals surface area contributed by atoms with Gasteiger partial charge in [-0.3, -0.25) is 15.1 Å². The topological polar surface area (TPSA) is 56.0 Å². The normalized spacial score (nSPS) is 10.5. The van der Waals surface area contributed by atoms with E-state index in [4.69, 9.17) is 0 Å². The van der Waals surface area contributed by atoms with E-state index in [9.17, 15) is 10.1 Å². The number of pyridine rings is 1. The number of hydrogen-bond acceptors (Lipinski definition) is 3. The fourth-order valence-electron chi connectivity index (χ4n) is 2.03. The number of nitro groups is 1. The minimum absolute atomic E-state index is 0.0886. The van der Waals surface area contributed by atoms with E-state index in [1.807, 2.05) is 36.4 Å². The highest BCUT2D eigenvalue weighted by Gasteiger charge is 2.07. The van der Waals surface area contributed by atoms with Crippen LogP contribution in [0.2, 0.25) is 0 Å². The van der Waals surface area contributed by atoms with Gasteiger partial charge in [0.15, 0.2) is 0 Å². The van der Waals surface area contributed by atoms with Crippen LogP contribution < -0.4 is 0 Å². The van der Waals surface area contributed by atoms with Crippen molar-refractivity contribution in [3.8, 4) is 11.1 Å². The number of para-hydroxylation sites is 1. The molecule has 0 amide bonds. The van der Waals surface area contributed by atoms with Crippen LogP contribution in [0.3, 0.4) is 0 Å². The van der Waals surface area contributed by atoms with Crippen LogP contribution in [0, 0.1) is 10.1 Å². The summed E-state index contributed by atoms with van der Waals surface area (Å²) in [6.07, 6.45) is 1.74. The van der Waals surface area contributed by atoms with Crippen LogP contribution in [-0.4, -0.2) is 9.91 Å². The van der Waals surface area contributed by atoms with Gasteiger partial charge in [0.25, 0.3) is 5.69 Å². The molecular weight excluding hydrogens is 240 g/mol. The summed E-state index contributed by atoms with van der Waals surface area (Å²) in [5.41, 5.74) is 2.68. The summed E-state index contributed by atoms with van der Waals surface area (Å²) in [5, 5.41) is 11.8. The zero-order chi connectivity index (χ0) is 13.2. The average Bonchev–Trinajstić information content (AvgIpc) is 2.47. The largest absolute Gasteiger partial charge is 0.270 e. The van der Waals surface area contributed by atoms with Crippen molar-refractivity contribution in [1.82, 2.24) is 4.98 Å². The van der Waals surface area contributed by atoms with Crippen molar-refractivity contribution in [1.29, 1.82) is 0 Å². The molecule has 0 N–H and O–H groups in total. The molecule has 4 nitrogen and oxygen atoms in total. The van der Waals surface area contributed by atoms with Crippen molar-refractivity contribution in [3.63, 3.8) is 0 Å². The summed E-state index contributed by atoms with van der Waals surface area (Å²) in [6.45, 7) is 0. The molecule has 3 aromatic rings. The van der Waals surface area contributed by atoms with E-state index >= 15 is 0 Å². The Morgan fingerprint density at radius 3 is 2.63 bits per heavy atom. The maximum atomic E-state index is 10.8. The van der Waals surface area contributed by atoms with Gasteiger partial charge in [0.2, 0.25) is 0 Å². The van der Waals surface area contributed by atoms with Crippen molar-refractivity contribution in [3.05, 3.63) is 70.9 Å². The predicted octanol–water partition coefficient (Wildman–Crippen LogP) is 3.81. The molecule has 4 heteroatoms. The third-order valence-electron chi connectivity index (χ3n) is 2.98. The lowest BCUT2D eigenvalue weighted by atomic mass is 10.0. The van der Waals surface area contributed by atoms with E-state index in [1.165, 1.54) is 6.07 Å². The lowest BCUT2D eigenvalue weighted by Crippen LogP contribution is -1.88. The third-order valence-corrected chi connectivity index (χ3v) is 2.98. The Kier molecular flexibility index (Phi) is 2.68. The monoisotopic (exact) mass is 250 g/mol. The number of nitro benzene ring substituents is 1. The summed E-state index contributed by atoms with van der Waals surface area (Å²) in [7, 11) is 0. The molecule has 1 heterocycles. The quantitative estimate of drug-likeness (QED) is 0.513. The maximum absolute atomic E-state index is 10.8. The molecule has 0 saturated heterocycles. The van der Waals surface area contributed by atoms with Gasteiger partial charge in [0.1, 0.15) is 0 Å². The molecule has 0 unspecified atom stereocenters. The SMILES string of the molecule is O=[N+]([O-])c1cccc(-c2cnc3ccccc3c2)c1. The minimum atomic E-state index is -0.391. The summed E-state index contributed by atoms with van der Waals surface area (Å²) in [6, 6.07) is 16.4. The van der Waals surface area contributed by atoms with Crippen LogP contribution in [0.15, 0.2) is 60.8 Å². The lowest BCUT2D eigenvalue weighted by molar-refractivity contribution is -0.384. The first-order valence-corrected chi connectivity index (χ1v) is 5.84. The van der Waals surface area contributed by atoms with Gasteiger partial charge < -0.3 is 0 Å². The molecule has 2 aromatic carbocycles. The maximum Gasteiger partial charge on any atom is 0.270 e. The Hall–Kier alpha value is -2.75. The fourth-order valence-corrected chi connectivity index (χ4v) is 2.03. The highest BCUT2D eigenvalue weighted by atomic mass is 16.6. The number of benzene rings is 2. The zero-order valence-corrected chi connectivity index (χ0v) is 9.98. The summed E-state index contributed by atoms with van der Waals surface area (Å²) < 4.78 is 0. The van der Waals surface area contributed by atoms with Crippen LogP contribution >= 0.6 is 0 Å². The van der Waals surface area contributed by atoms with Crippen molar-refractivity contribution in [2.45, 2.75) is 0 Å². The predicted molar refractivity (Wildman–Crippen MR) is 73.8 cm³/mol. The van der Waals surface area contributed by atoms with Crippen molar-refractivity contribution in [2.24, 2.45) is 0 Å². The Labute approximate surface area is 109 Å². The van der Waals surface area contributed by atoms with Crippen LogP contribution in [0.25, 0.3) is 22.0 Å². The average molecular weight is 250 g/mol. The van der Waals surface area contributed by atoms with Crippen molar-refractivity contribution < 1.29 is 4.92 Å². The summed E-state index contributed by atoms with van der Waals surface area (Å²) >= 11 is 0. The Bertz CT molecular complexity index is 769. The number of non-ortho nitro benzene ring substituents is 1. The fraction of sp³-hybridized carbons (Fsp3) is 0. The molecule has 0 spiro atoms. The molecule has 0 radical (unpaired) electrons. The van der Waals surface area contributed by atoms with E-state index in [-0.39, 0.29) is 5.69 Å². The standard InChI is InChI=1S/C15H10N2O2/c18-17(19)14-6-3-5-11(9-14)13-8-12-4-1-2-7-15(12)16-10-13/h1-10H. The van der Waals surface area contributed by atoms with E-state index in [1.54, 1.807) is 18.3 Å². The van der Waals surface area contributed by atoms with Gasteiger partial charge in [-0.05, 0) is 17.7 Å². The van der Waals surface area contributed by atoms with E-state index in [0.29, 0.717) is 0 Å². The molecule has 0 saturated carbocycles. The van der Waals surface area contributed by atoms with Crippen molar-refractivity contribution in [2.75, 3.05) is 0 Å². The molecule has 19 heavy (non-hydrogen) atoms. The van der Waals surface area contributed by atoms with Crippen molar-refractivity contribution >= 4 is 16.6 Å². The molecule has 0 aliphatic rings. The van der Waals surface area contributed by atoms with Gasteiger partial charge in [0.05, 0.1) is 10.4 Å². The van der Waals surface area contributed by atoms with Gasteiger partial charge in [0, 0.05) is 29.3 Å². The second-order valence-corrected chi connectivity index (χ2v) is 4.22. The highest BCUT2D eigenvalue weighted by Crippen LogP contribution is 2.25. The van der Waals surface area contributed by atoms with Crippen LogP contribution in [0.5, 0.6) is 0 Å². The zero-order valence-electron chi connectivity index (χ0n) is 9.98. The second kappa shape index (κ2) is 4.49. The first-order chi connectivity index (χ1) is 9.24. The second-order valence-electron chi connectivity index (χ2n) is 4.22. The van der Waals surface area contributed by atoms with Crippen LogP contribution in [-0.2, 0) is 0 Å². The first kappa shape index (κ1) is 11.3. The molecular formula is C15H10N2O2. The van der Waals surface area contributed by atoms with Gasteiger partial charge in [-0.15, -0.1) is 0 Å². The highest BCUT2D eigenvalue weighted by molar-refractivity contribution is 5.83. The summed E-state index contributed by atoms with van der Waals surface area (Å²) in [4.78, 5) is 14.8. The molecule has 92 valence electrons. The minimum Gasteiger partial charge on any atom is -0.258 e.